The van der Waals surface area contributed by atoms with Gasteiger partial charge in [0.2, 0.25) is 0 Å². The summed E-state index contributed by atoms with van der Waals surface area (Å²) < 4.78 is 5.68. The first-order valence-electron chi connectivity index (χ1n) is 7.28. The summed E-state index contributed by atoms with van der Waals surface area (Å²) in [6.07, 6.45) is 3.92. The van der Waals surface area contributed by atoms with Crippen LogP contribution in [0.4, 0.5) is 0 Å². The molecule has 2 rings (SSSR count). The van der Waals surface area contributed by atoms with Crippen LogP contribution in [-0.2, 0) is 12.8 Å². The highest BCUT2D eigenvalue weighted by molar-refractivity contribution is 5.39. The normalized spacial score (nSPS) is 10.4. The van der Waals surface area contributed by atoms with Crippen LogP contribution in [-0.4, -0.2) is 11.7 Å². The predicted octanol–water partition coefficient (Wildman–Crippen LogP) is 4.36. The number of rotatable bonds is 7. The Bertz CT molecular complexity index is 520. The highest BCUT2D eigenvalue weighted by atomic mass is 16.5. The van der Waals surface area contributed by atoms with Gasteiger partial charge in [-0.15, -0.1) is 0 Å². The van der Waals surface area contributed by atoms with Gasteiger partial charge in [0, 0.05) is 0 Å². The van der Waals surface area contributed by atoms with E-state index in [4.69, 9.17) is 4.74 Å². The second-order valence-corrected chi connectivity index (χ2v) is 4.98. The zero-order chi connectivity index (χ0) is 14.2. The van der Waals surface area contributed by atoms with Crippen LogP contribution in [0.1, 0.15) is 30.9 Å². The van der Waals surface area contributed by atoms with Crippen molar-refractivity contribution in [3.05, 3.63) is 59.7 Å². The molecular weight excluding hydrogens is 248 g/mol. The van der Waals surface area contributed by atoms with Gasteiger partial charge in [0.15, 0.2) is 0 Å². The summed E-state index contributed by atoms with van der Waals surface area (Å²) in [7, 11) is 0. The Kier molecular flexibility index (Phi) is 5.48. The van der Waals surface area contributed by atoms with E-state index in [0.717, 1.165) is 43.6 Å². The fraction of sp³-hybridized carbons (Fsp3) is 0.333. The van der Waals surface area contributed by atoms with Crippen molar-refractivity contribution in [2.75, 3.05) is 6.61 Å². The number of hydrogen-bond acceptors (Lipinski definition) is 2. The molecule has 0 heterocycles. The fourth-order valence-electron chi connectivity index (χ4n) is 2.11. The van der Waals surface area contributed by atoms with Crippen molar-refractivity contribution in [2.45, 2.75) is 32.6 Å². The minimum absolute atomic E-state index is 0.351. The van der Waals surface area contributed by atoms with E-state index in [2.05, 4.69) is 19.1 Å². The van der Waals surface area contributed by atoms with E-state index >= 15 is 0 Å². The van der Waals surface area contributed by atoms with Crippen LogP contribution in [0.5, 0.6) is 11.5 Å². The van der Waals surface area contributed by atoms with Crippen LogP contribution in [0.15, 0.2) is 48.5 Å². The Hall–Kier alpha value is -1.96. The smallest absolute Gasteiger partial charge is 0.119 e. The van der Waals surface area contributed by atoms with E-state index in [1.54, 1.807) is 6.07 Å². The Morgan fingerprint density at radius 3 is 2.55 bits per heavy atom. The molecule has 2 heteroatoms. The van der Waals surface area contributed by atoms with Crippen LogP contribution in [0, 0.1) is 0 Å². The quantitative estimate of drug-likeness (QED) is 0.758. The maximum atomic E-state index is 9.93. The Morgan fingerprint density at radius 2 is 1.80 bits per heavy atom. The van der Waals surface area contributed by atoms with E-state index in [0.29, 0.717) is 5.75 Å². The number of ether oxygens (including phenoxy) is 1. The van der Waals surface area contributed by atoms with E-state index in [9.17, 15) is 5.11 Å². The molecule has 0 atom stereocenters. The molecule has 2 aromatic carbocycles. The van der Waals surface area contributed by atoms with Crippen molar-refractivity contribution in [3.8, 4) is 11.5 Å². The molecule has 0 saturated carbocycles. The van der Waals surface area contributed by atoms with Gasteiger partial charge in [-0.2, -0.15) is 0 Å². The van der Waals surface area contributed by atoms with Gasteiger partial charge in [0.05, 0.1) is 6.61 Å². The molecule has 0 aromatic heterocycles. The molecular formula is C18H22O2. The SMILES string of the molecule is CCCCOc1ccc(O)c(CCc2ccccc2)c1. The summed E-state index contributed by atoms with van der Waals surface area (Å²) in [5.74, 6) is 1.20. The zero-order valence-electron chi connectivity index (χ0n) is 12.0. The van der Waals surface area contributed by atoms with Gasteiger partial charge in [-0.3, -0.25) is 0 Å². The van der Waals surface area contributed by atoms with Gasteiger partial charge in [-0.25, -0.2) is 0 Å². The molecule has 0 saturated heterocycles. The third kappa shape index (κ3) is 4.30. The molecule has 0 aliphatic rings. The molecule has 0 bridgehead atoms. The highest BCUT2D eigenvalue weighted by Crippen LogP contribution is 2.24. The van der Waals surface area contributed by atoms with E-state index in [-0.39, 0.29) is 0 Å². The minimum Gasteiger partial charge on any atom is -0.508 e. The lowest BCUT2D eigenvalue weighted by Crippen LogP contribution is -1.98. The first kappa shape index (κ1) is 14.4. The Balaban J connectivity index is 1.97. The average molecular weight is 270 g/mol. The van der Waals surface area contributed by atoms with Crippen LogP contribution in [0.2, 0.25) is 0 Å². The number of benzene rings is 2. The monoisotopic (exact) mass is 270 g/mol. The van der Waals surface area contributed by atoms with Crippen molar-refractivity contribution in [1.29, 1.82) is 0 Å². The summed E-state index contributed by atoms with van der Waals surface area (Å²) in [6.45, 7) is 2.88. The molecule has 0 unspecified atom stereocenters. The lowest BCUT2D eigenvalue weighted by atomic mass is 10.0. The summed E-state index contributed by atoms with van der Waals surface area (Å²) >= 11 is 0. The number of phenols is 1. The van der Waals surface area contributed by atoms with E-state index in [1.807, 2.05) is 30.3 Å². The van der Waals surface area contributed by atoms with Crippen LogP contribution < -0.4 is 4.74 Å². The average Bonchev–Trinajstić information content (AvgIpc) is 2.49. The lowest BCUT2D eigenvalue weighted by Gasteiger charge is -2.09. The molecule has 2 nitrogen and oxygen atoms in total. The second-order valence-electron chi connectivity index (χ2n) is 4.98. The Morgan fingerprint density at radius 1 is 1.00 bits per heavy atom. The molecule has 0 fully saturated rings. The molecule has 0 amide bonds. The molecule has 20 heavy (non-hydrogen) atoms. The number of phenolic OH excluding ortho intramolecular Hbond substituents is 1. The molecule has 0 spiro atoms. The number of unbranched alkanes of at least 4 members (excludes halogenated alkanes) is 1. The first-order chi connectivity index (χ1) is 9.79. The first-order valence-corrected chi connectivity index (χ1v) is 7.28. The van der Waals surface area contributed by atoms with Crippen LogP contribution in [0.25, 0.3) is 0 Å². The third-order valence-corrected chi connectivity index (χ3v) is 3.34. The standard InChI is InChI=1S/C18H22O2/c1-2-3-13-20-17-11-12-18(19)16(14-17)10-9-15-7-5-4-6-8-15/h4-8,11-12,14,19H,2-3,9-10,13H2,1H3. The van der Waals surface area contributed by atoms with E-state index in [1.165, 1.54) is 5.56 Å². The van der Waals surface area contributed by atoms with Gasteiger partial charge >= 0.3 is 0 Å². The lowest BCUT2D eigenvalue weighted by molar-refractivity contribution is 0.308. The molecule has 0 radical (unpaired) electrons. The van der Waals surface area contributed by atoms with Crippen LogP contribution >= 0.6 is 0 Å². The van der Waals surface area contributed by atoms with Crippen molar-refractivity contribution in [3.63, 3.8) is 0 Å². The topological polar surface area (TPSA) is 29.5 Å². The predicted molar refractivity (Wildman–Crippen MR) is 82.4 cm³/mol. The van der Waals surface area contributed by atoms with Crippen molar-refractivity contribution >= 4 is 0 Å². The summed E-state index contributed by atoms with van der Waals surface area (Å²) in [6, 6.07) is 15.8. The van der Waals surface area contributed by atoms with Crippen molar-refractivity contribution in [2.24, 2.45) is 0 Å². The molecule has 0 aliphatic carbocycles. The largest absolute Gasteiger partial charge is 0.508 e. The van der Waals surface area contributed by atoms with E-state index < -0.39 is 0 Å². The number of hydrogen-bond donors (Lipinski definition) is 1. The van der Waals surface area contributed by atoms with Gasteiger partial charge in [-0.05, 0) is 48.6 Å². The minimum atomic E-state index is 0.351. The van der Waals surface area contributed by atoms with Crippen molar-refractivity contribution < 1.29 is 9.84 Å². The fourth-order valence-corrected chi connectivity index (χ4v) is 2.11. The Labute approximate surface area is 121 Å². The summed E-state index contributed by atoms with van der Waals surface area (Å²) in [4.78, 5) is 0. The maximum absolute atomic E-state index is 9.93. The maximum Gasteiger partial charge on any atom is 0.119 e. The molecule has 106 valence electrons. The van der Waals surface area contributed by atoms with Crippen molar-refractivity contribution in [1.82, 2.24) is 0 Å². The van der Waals surface area contributed by atoms with Gasteiger partial charge in [-0.1, -0.05) is 43.7 Å². The summed E-state index contributed by atoms with van der Waals surface area (Å²) in [5.41, 5.74) is 2.23. The summed E-state index contributed by atoms with van der Waals surface area (Å²) in [5, 5.41) is 9.93. The molecule has 0 aliphatic heterocycles. The zero-order valence-corrected chi connectivity index (χ0v) is 12.0. The number of aryl methyl sites for hydroxylation is 2. The van der Waals surface area contributed by atoms with Gasteiger partial charge in [0.25, 0.3) is 0 Å². The second kappa shape index (κ2) is 7.59. The van der Waals surface area contributed by atoms with Gasteiger partial charge < -0.3 is 9.84 Å². The van der Waals surface area contributed by atoms with Gasteiger partial charge in [0.1, 0.15) is 11.5 Å². The highest BCUT2D eigenvalue weighted by Gasteiger charge is 2.04. The third-order valence-electron chi connectivity index (χ3n) is 3.34. The van der Waals surface area contributed by atoms with Crippen LogP contribution in [0.3, 0.4) is 0 Å². The number of aromatic hydroxyl groups is 1. The molecule has 2 aromatic rings. The molecule has 1 N–H and O–H groups in total.